The highest BCUT2D eigenvalue weighted by molar-refractivity contribution is 5.95. The summed E-state index contributed by atoms with van der Waals surface area (Å²) in [6.07, 6.45) is 4.00. The number of fused-ring (bicyclic) bond motifs is 1. The summed E-state index contributed by atoms with van der Waals surface area (Å²) in [6.45, 7) is 1.44. The normalized spacial score (nSPS) is 14.8. The summed E-state index contributed by atoms with van der Waals surface area (Å²) in [5, 5.41) is 1.28. The number of nitrogens with zero attached hydrogens (tertiary/aromatic N) is 1. The van der Waals surface area contributed by atoms with Crippen molar-refractivity contribution >= 4 is 16.8 Å². The number of hydrogen-bond donors (Lipinski definition) is 1. The van der Waals surface area contributed by atoms with Crippen molar-refractivity contribution in [1.29, 1.82) is 0 Å². The molecular weight excluding hydrogens is 368 g/mol. The lowest BCUT2D eigenvalue weighted by molar-refractivity contribution is 0.0712. The molecule has 0 bridgehead atoms. The number of aromatic amines is 1. The van der Waals surface area contributed by atoms with E-state index in [0.29, 0.717) is 28.7 Å². The fourth-order valence-corrected chi connectivity index (χ4v) is 4.21. The summed E-state index contributed by atoms with van der Waals surface area (Å²) in [7, 11) is 4.66. The van der Waals surface area contributed by atoms with E-state index < -0.39 is 0 Å². The van der Waals surface area contributed by atoms with Gasteiger partial charge in [-0.1, -0.05) is 18.2 Å². The molecule has 1 saturated heterocycles. The summed E-state index contributed by atoms with van der Waals surface area (Å²) in [4.78, 5) is 18.4. The maximum atomic E-state index is 13.1. The van der Waals surface area contributed by atoms with Crippen LogP contribution < -0.4 is 14.2 Å². The first kappa shape index (κ1) is 19.2. The Kier molecular flexibility index (Phi) is 5.34. The van der Waals surface area contributed by atoms with Crippen LogP contribution in [0.1, 0.15) is 34.7 Å². The molecule has 2 heterocycles. The second-order valence-electron chi connectivity index (χ2n) is 7.27. The van der Waals surface area contributed by atoms with Crippen molar-refractivity contribution in [3.63, 3.8) is 0 Å². The molecule has 0 spiro atoms. The third-order valence-electron chi connectivity index (χ3n) is 5.75. The number of methoxy groups -OCH3 is 3. The summed E-state index contributed by atoms with van der Waals surface area (Å²) in [6, 6.07) is 11.8. The van der Waals surface area contributed by atoms with E-state index in [2.05, 4.69) is 29.4 Å². The van der Waals surface area contributed by atoms with Crippen molar-refractivity contribution in [1.82, 2.24) is 9.88 Å². The molecule has 1 aromatic heterocycles. The maximum Gasteiger partial charge on any atom is 0.254 e. The first-order valence-electron chi connectivity index (χ1n) is 9.81. The predicted octanol–water partition coefficient (Wildman–Crippen LogP) is 4.21. The number of carbonyl (C=O) groups excluding carboxylic acids is 1. The Morgan fingerprint density at radius 3 is 2.28 bits per heavy atom. The van der Waals surface area contributed by atoms with Crippen molar-refractivity contribution in [3.05, 3.63) is 53.7 Å². The minimum atomic E-state index is -0.0124. The highest BCUT2D eigenvalue weighted by Gasteiger charge is 2.27. The van der Waals surface area contributed by atoms with Gasteiger partial charge >= 0.3 is 0 Å². The van der Waals surface area contributed by atoms with Crippen LogP contribution in [0.2, 0.25) is 0 Å². The Hall–Kier alpha value is -3.15. The van der Waals surface area contributed by atoms with Crippen molar-refractivity contribution in [2.24, 2.45) is 0 Å². The third kappa shape index (κ3) is 3.50. The minimum Gasteiger partial charge on any atom is -0.493 e. The van der Waals surface area contributed by atoms with Gasteiger partial charge in [-0.25, -0.2) is 0 Å². The lowest BCUT2D eigenvalue weighted by atomic mass is 9.89. The Labute approximate surface area is 170 Å². The van der Waals surface area contributed by atoms with E-state index in [1.807, 2.05) is 11.0 Å². The molecule has 29 heavy (non-hydrogen) atoms. The number of benzene rings is 2. The largest absolute Gasteiger partial charge is 0.493 e. The molecule has 1 N–H and O–H groups in total. The fourth-order valence-electron chi connectivity index (χ4n) is 4.21. The number of ether oxygens (including phenoxy) is 3. The molecule has 0 aliphatic carbocycles. The van der Waals surface area contributed by atoms with E-state index >= 15 is 0 Å². The van der Waals surface area contributed by atoms with Gasteiger partial charge in [-0.05, 0) is 42.5 Å². The first-order valence-corrected chi connectivity index (χ1v) is 9.81. The van der Waals surface area contributed by atoms with Crippen LogP contribution in [0.3, 0.4) is 0 Å². The Morgan fingerprint density at radius 2 is 1.66 bits per heavy atom. The lowest BCUT2D eigenvalue weighted by Crippen LogP contribution is -2.37. The number of para-hydroxylation sites is 1. The van der Waals surface area contributed by atoms with Gasteiger partial charge in [-0.3, -0.25) is 4.79 Å². The number of amides is 1. The summed E-state index contributed by atoms with van der Waals surface area (Å²) < 4.78 is 16.1. The molecule has 1 fully saturated rings. The van der Waals surface area contributed by atoms with E-state index in [-0.39, 0.29) is 5.91 Å². The van der Waals surface area contributed by atoms with E-state index in [1.165, 1.54) is 16.5 Å². The number of hydrogen-bond acceptors (Lipinski definition) is 4. The van der Waals surface area contributed by atoms with Crippen LogP contribution >= 0.6 is 0 Å². The van der Waals surface area contributed by atoms with Gasteiger partial charge in [0, 0.05) is 35.8 Å². The average Bonchev–Trinajstić information content (AvgIpc) is 3.21. The molecule has 1 aliphatic rings. The monoisotopic (exact) mass is 394 g/mol. The summed E-state index contributed by atoms with van der Waals surface area (Å²) in [5.74, 6) is 1.91. The Morgan fingerprint density at radius 1 is 1.00 bits per heavy atom. The Balaban J connectivity index is 1.51. The molecule has 0 atom stereocenters. The van der Waals surface area contributed by atoms with E-state index in [0.717, 1.165) is 25.9 Å². The molecule has 6 heteroatoms. The zero-order valence-corrected chi connectivity index (χ0v) is 17.0. The number of H-pyrrole nitrogens is 1. The maximum absolute atomic E-state index is 13.1. The van der Waals surface area contributed by atoms with Gasteiger partial charge in [-0.2, -0.15) is 0 Å². The molecule has 3 aromatic rings. The van der Waals surface area contributed by atoms with Crippen molar-refractivity contribution in [2.45, 2.75) is 18.8 Å². The van der Waals surface area contributed by atoms with Gasteiger partial charge in [0.2, 0.25) is 5.75 Å². The fraction of sp³-hybridized carbons (Fsp3) is 0.348. The Bertz CT molecular complexity index is 994. The topological polar surface area (TPSA) is 63.8 Å². The third-order valence-corrected chi connectivity index (χ3v) is 5.75. The van der Waals surface area contributed by atoms with Crippen LogP contribution in [0.15, 0.2) is 42.6 Å². The number of piperidine rings is 1. The van der Waals surface area contributed by atoms with Gasteiger partial charge in [0.15, 0.2) is 11.5 Å². The number of likely N-dealkylation sites (tertiary alicyclic amines) is 1. The number of nitrogens with one attached hydrogen (secondary N) is 1. The van der Waals surface area contributed by atoms with E-state index in [9.17, 15) is 4.79 Å². The standard InChI is InChI=1S/C23H26N2O4/c1-27-20-12-16(13-21(28-2)22(20)29-3)23(26)25-10-8-15(9-11-25)18-14-24-19-7-5-4-6-17(18)19/h4-7,12-15,24H,8-11H2,1-3H3. The van der Waals surface area contributed by atoms with Crippen LogP contribution in [0.4, 0.5) is 0 Å². The predicted molar refractivity (Wildman–Crippen MR) is 112 cm³/mol. The van der Waals surface area contributed by atoms with Crippen molar-refractivity contribution < 1.29 is 19.0 Å². The number of aromatic nitrogens is 1. The van der Waals surface area contributed by atoms with Gasteiger partial charge in [0.1, 0.15) is 0 Å². The quantitative estimate of drug-likeness (QED) is 0.704. The molecule has 6 nitrogen and oxygen atoms in total. The molecule has 0 unspecified atom stereocenters. The smallest absolute Gasteiger partial charge is 0.254 e. The average molecular weight is 394 g/mol. The van der Waals surface area contributed by atoms with Gasteiger partial charge < -0.3 is 24.1 Å². The first-order chi connectivity index (χ1) is 14.2. The lowest BCUT2D eigenvalue weighted by Gasteiger charge is -2.32. The SMILES string of the molecule is COc1cc(C(=O)N2CCC(c3c[nH]c4ccccc34)CC2)cc(OC)c1OC. The molecule has 0 radical (unpaired) electrons. The van der Waals surface area contributed by atoms with Gasteiger partial charge in [0.05, 0.1) is 21.3 Å². The summed E-state index contributed by atoms with van der Waals surface area (Å²) >= 11 is 0. The second kappa shape index (κ2) is 8.07. The molecule has 2 aromatic carbocycles. The second-order valence-corrected chi connectivity index (χ2v) is 7.27. The van der Waals surface area contributed by atoms with Crippen LogP contribution in [-0.2, 0) is 0 Å². The molecule has 1 amide bonds. The highest BCUT2D eigenvalue weighted by Crippen LogP contribution is 2.39. The van der Waals surface area contributed by atoms with Crippen LogP contribution in [0.5, 0.6) is 17.2 Å². The summed E-state index contributed by atoms with van der Waals surface area (Å²) in [5.41, 5.74) is 3.06. The number of carbonyl (C=O) groups is 1. The zero-order chi connectivity index (χ0) is 20.4. The van der Waals surface area contributed by atoms with Crippen LogP contribution in [0.25, 0.3) is 10.9 Å². The van der Waals surface area contributed by atoms with Crippen LogP contribution in [-0.4, -0.2) is 50.2 Å². The molecular formula is C23H26N2O4. The zero-order valence-electron chi connectivity index (χ0n) is 17.0. The van der Waals surface area contributed by atoms with Crippen LogP contribution in [0, 0.1) is 0 Å². The van der Waals surface area contributed by atoms with Crippen molar-refractivity contribution in [3.8, 4) is 17.2 Å². The molecule has 1 aliphatic heterocycles. The van der Waals surface area contributed by atoms with E-state index in [4.69, 9.17) is 14.2 Å². The minimum absolute atomic E-state index is 0.0124. The van der Waals surface area contributed by atoms with Gasteiger partial charge in [-0.15, -0.1) is 0 Å². The molecule has 0 saturated carbocycles. The number of rotatable bonds is 5. The van der Waals surface area contributed by atoms with Crippen molar-refractivity contribution in [2.75, 3.05) is 34.4 Å². The van der Waals surface area contributed by atoms with E-state index in [1.54, 1.807) is 33.5 Å². The molecule has 152 valence electrons. The highest BCUT2D eigenvalue weighted by atomic mass is 16.5. The van der Waals surface area contributed by atoms with Gasteiger partial charge in [0.25, 0.3) is 5.91 Å². The molecule has 4 rings (SSSR count).